The highest BCUT2D eigenvalue weighted by molar-refractivity contribution is 7.86. The Labute approximate surface area is 118 Å². The quantitative estimate of drug-likeness (QED) is 0.781. The van der Waals surface area contributed by atoms with E-state index in [-0.39, 0.29) is 4.90 Å². The van der Waals surface area contributed by atoms with E-state index in [9.17, 15) is 8.42 Å². The van der Waals surface area contributed by atoms with E-state index in [1.54, 1.807) is 49.1 Å². The first-order valence-corrected chi connectivity index (χ1v) is 7.63. The van der Waals surface area contributed by atoms with Crippen LogP contribution >= 0.6 is 0 Å². The standard InChI is InChI=1S/C13H17N3O3S/c1-10-4-6-13(7-5-10)20(17,18)19-11(2)8-12-9-16(3)15-14-12/h4-7,9,11H,8H2,1-3H3. The van der Waals surface area contributed by atoms with Crippen LogP contribution < -0.4 is 0 Å². The molecular formula is C13H17N3O3S. The lowest BCUT2D eigenvalue weighted by Gasteiger charge is -2.11. The van der Waals surface area contributed by atoms with Crippen molar-refractivity contribution in [2.24, 2.45) is 7.05 Å². The normalized spacial score (nSPS) is 13.3. The number of rotatable bonds is 5. The topological polar surface area (TPSA) is 74.1 Å². The summed E-state index contributed by atoms with van der Waals surface area (Å²) in [6.45, 7) is 3.59. The van der Waals surface area contributed by atoms with Crippen LogP contribution in [0.4, 0.5) is 0 Å². The number of benzene rings is 1. The van der Waals surface area contributed by atoms with Crippen molar-refractivity contribution in [1.82, 2.24) is 15.0 Å². The van der Waals surface area contributed by atoms with Gasteiger partial charge in [0, 0.05) is 19.7 Å². The molecule has 0 amide bonds. The molecule has 1 unspecified atom stereocenters. The first-order chi connectivity index (χ1) is 9.37. The van der Waals surface area contributed by atoms with Crippen molar-refractivity contribution in [3.05, 3.63) is 41.7 Å². The van der Waals surface area contributed by atoms with Crippen LogP contribution in [0.15, 0.2) is 35.4 Å². The average molecular weight is 295 g/mol. The smallest absolute Gasteiger partial charge is 0.263 e. The molecule has 2 aromatic rings. The van der Waals surface area contributed by atoms with E-state index >= 15 is 0 Å². The summed E-state index contributed by atoms with van der Waals surface area (Å²) >= 11 is 0. The molecule has 0 aliphatic rings. The summed E-state index contributed by atoms with van der Waals surface area (Å²) in [5.74, 6) is 0. The molecule has 20 heavy (non-hydrogen) atoms. The van der Waals surface area contributed by atoms with Crippen molar-refractivity contribution in [3.63, 3.8) is 0 Å². The number of aryl methyl sites for hydroxylation is 2. The second-order valence-corrected chi connectivity index (χ2v) is 6.33. The third-order valence-electron chi connectivity index (χ3n) is 2.75. The Kier molecular flexibility index (Phi) is 4.20. The van der Waals surface area contributed by atoms with Crippen LogP contribution in [0.25, 0.3) is 0 Å². The Morgan fingerprint density at radius 1 is 1.30 bits per heavy atom. The van der Waals surface area contributed by atoms with E-state index in [1.807, 2.05) is 6.92 Å². The van der Waals surface area contributed by atoms with Gasteiger partial charge < -0.3 is 0 Å². The van der Waals surface area contributed by atoms with Gasteiger partial charge in [0.25, 0.3) is 10.1 Å². The van der Waals surface area contributed by atoms with E-state index < -0.39 is 16.2 Å². The Hall–Kier alpha value is -1.73. The van der Waals surface area contributed by atoms with E-state index in [0.717, 1.165) is 5.56 Å². The molecule has 1 aromatic heterocycles. The molecular weight excluding hydrogens is 278 g/mol. The number of hydrogen-bond acceptors (Lipinski definition) is 5. The highest BCUT2D eigenvalue weighted by Crippen LogP contribution is 2.16. The highest BCUT2D eigenvalue weighted by atomic mass is 32.2. The van der Waals surface area contributed by atoms with Gasteiger partial charge >= 0.3 is 0 Å². The molecule has 108 valence electrons. The molecule has 1 aromatic carbocycles. The van der Waals surface area contributed by atoms with Gasteiger partial charge in [0.15, 0.2) is 0 Å². The molecule has 0 radical (unpaired) electrons. The van der Waals surface area contributed by atoms with Gasteiger partial charge in [0.05, 0.1) is 16.7 Å². The van der Waals surface area contributed by atoms with Crippen LogP contribution in [0, 0.1) is 6.92 Å². The number of nitrogens with zero attached hydrogens (tertiary/aromatic N) is 3. The molecule has 1 heterocycles. The molecule has 0 saturated carbocycles. The SMILES string of the molecule is Cc1ccc(S(=O)(=O)OC(C)Cc2cn(C)nn2)cc1. The van der Waals surface area contributed by atoms with Crippen molar-refractivity contribution >= 4 is 10.1 Å². The number of aromatic nitrogens is 3. The molecule has 0 N–H and O–H groups in total. The Morgan fingerprint density at radius 2 is 1.95 bits per heavy atom. The summed E-state index contributed by atoms with van der Waals surface area (Å²) in [6, 6.07) is 6.56. The molecule has 1 atom stereocenters. The van der Waals surface area contributed by atoms with Crippen LogP contribution in [0.1, 0.15) is 18.2 Å². The Morgan fingerprint density at radius 3 is 2.50 bits per heavy atom. The van der Waals surface area contributed by atoms with Crippen LogP contribution in [0.5, 0.6) is 0 Å². The minimum atomic E-state index is -3.74. The van der Waals surface area contributed by atoms with Gasteiger partial charge in [-0.25, -0.2) is 0 Å². The first-order valence-electron chi connectivity index (χ1n) is 6.22. The van der Waals surface area contributed by atoms with E-state index in [4.69, 9.17) is 4.18 Å². The minimum absolute atomic E-state index is 0.161. The van der Waals surface area contributed by atoms with Gasteiger partial charge in [-0.2, -0.15) is 8.42 Å². The molecule has 0 spiro atoms. The monoisotopic (exact) mass is 295 g/mol. The zero-order valence-electron chi connectivity index (χ0n) is 11.6. The zero-order valence-corrected chi connectivity index (χ0v) is 12.5. The van der Waals surface area contributed by atoms with E-state index in [0.29, 0.717) is 12.1 Å². The molecule has 2 rings (SSSR count). The molecule has 0 saturated heterocycles. The van der Waals surface area contributed by atoms with Gasteiger partial charge in [0.1, 0.15) is 0 Å². The first kappa shape index (κ1) is 14.7. The lowest BCUT2D eigenvalue weighted by molar-refractivity contribution is 0.228. The van der Waals surface area contributed by atoms with Crippen molar-refractivity contribution < 1.29 is 12.6 Å². The molecule has 0 fully saturated rings. The number of hydrogen-bond donors (Lipinski definition) is 0. The molecule has 0 bridgehead atoms. The van der Waals surface area contributed by atoms with Gasteiger partial charge in [-0.3, -0.25) is 8.86 Å². The lowest BCUT2D eigenvalue weighted by atomic mass is 10.2. The molecule has 0 aliphatic heterocycles. The van der Waals surface area contributed by atoms with Crippen LogP contribution in [0.2, 0.25) is 0 Å². The fourth-order valence-corrected chi connectivity index (χ4v) is 2.88. The van der Waals surface area contributed by atoms with Gasteiger partial charge in [-0.15, -0.1) is 5.10 Å². The van der Waals surface area contributed by atoms with Gasteiger partial charge in [-0.1, -0.05) is 22.9 Å². The molecule has 6 nitrogen and oxygen atoms in total. The summed E-state index contributed by atoms with van der Waals surface area (Å²) in [7, 11) is -1.99. The maximum atomic E-state index is 12.1. The Balaban J connectivity index is 2.06. The van der Waals surface area contributed by atoms with Crippen molar-refractivity contribution in [2.45, 2.75) is 31.3 Å². The van der Waals surface area contributed by atoms with Crippen LogP contribution in [-0.4, -0.2) is 29.5 Å². The second-order valence-electron chi connectivity index (χ2n) is 4.76. The molecule has 7 heteroatoms. The third kappa shape index (κ3) is 3.64. The Bertz CT molecular complexity index is 677. The summed E-state index contributed by atoms with van der Waals surface area (Å²) in [5, 5.41) is 7.70. The largest absolute Gasteiger partial charge is 0.297 e. The fourth-order valence-electron chi connectivity index (χ4n) is 1.79. The van der Waals surface area contributed by atoms with Gasteiger partial charge in [-0.05, 0) is 26.0 Å². The van der Waals surface area contributed by atoms with E-state index in [1.165, 1.54) is 0 Å². The average Bonchev–Trinajstić information content (AvgIpc) is 2.74. The highest BCUT2D eigenvalue weighted by Gasteiger charge is 2.19. The molecule has 0 aliphatic carbocycles. The van der Waals surface area contributed by atoms with Crippen LogP contribution in [-0.2, 0) is 27.8 Å². The second kappa shape index (κ2) is 5.72. The predicted molar refractivity (Wildman–Crippen MR) is 73.6 cm³/mol. The van der Waals surface area contributed by atoms with Crippen molar-refractivity contribution in [2.75, 3.05) is 0 Å². The van der Waals surface area contributed by atoms with E-state index in [2.05, 4.69) is 10.3 Å². The predicted octanol–water partition coefficient (Wildman–Crippen LogP) is 1.46. The zero-order chi connectivity index (χ0) is 14.8. The summed E-state index contributed by atoms with van der Waals surface area (Å²) in [6.07, 6.45) is 1.62. The fraction of sp³-hybridized carbons (Fsp3) is 0.385. The summed E-state index contributed by atoms with van der Waals surface area (Å²) < 4.78 is 30.9. The summed E-state index contributed by atoms with van der Waals surface area (Å²) in [5.41, 5.74) is 1.69. The van der Waals surface area contributed by atoms with Crippen LogP contribution in [0.3, 0.4) is 0 Å². The summed E-state index contributed by atoms with van der Waals surface area (Å²) in [4.78, 5) is 0.161. The maximum absolute atomic E-state index is 12.1. The maximum Gasteiger partial charge on any atom is 0.297 e. The third-order valence-corrected chi connectivity index (χ3v) is 4.18. The lowest BCUT2D eigenvalue weighted by Crippen LogP contribution is -2.18. The van der Waals surface area contributed by atoms with Crippen molar-refractivity contribution in [3.8, 4) is 0 Å². The van der Waals surface area contributed by atoms with Gasteiger partial charge in [0.2, 0.25) is 0 Å². The van der Waals surface area contributed by atoms with Crippen molar-refractivity contribution in [1.29, 1.82) is 0 Å². The minimum Gasteiger partial charge on any atom is -0.263 e.